The third-order valence-corrected chi connectivity index (χ3v) is 6.46. The SMILES string of the molecule is COc1ccc2nc(-c3ccccc3OC)cc(-c3cc(NC(=O)NN)ccc3N(CCCl)CCCl)c2c1. The summed E-state index contributed by atoms with van der Waals surface area (Å²) in [5, 5.41) is 3.64. The first-order valence-electron chi connectivity index (χ1n) is 11.9. The minimum atomic E-state index is -0.530. The molecule has 0 bridgehead atoms. The number of methoxy groups -OCH3 is 2. The molecule has 4 aromatic rings. The Labute approximate surface area is 231 Å². The quantitative estimate of drug-likeness (QED) is 0.0982. The van der Waals surface area contributed by atoms with Crippen LogP contribution in [0.5, 0.6) is 11.5 Å². The summed E-state index contributed by atoms with van der Waals surface area (Å²) in [4.78, 5) is 19.1. The molecule has 0 aliphatic carbocycles. The van der Waals surface area contributed by atoms with E-state index in [4.69, 9.17) is 43.5 Å². The lowest BCUT2D eigenvalue weighted by Gasteiger charge is -2.27. The Kier molecular flexibility index (Phi) is 9.12. The number of para-hydroxylation sites is 1. The molecule has 0 aliphatic heterocycles. The van der Waals surface area contributed by atoms with Gasteiger partial charge in [0.2, 0.25) is 0 Å². The number of aromatic nitrogens is 1. The summed E-state index contributed by atoms with van der Waals surface area (Å²) in [6.45, 7) is 1.17. The summed E-state index contributed by atoms with van der Waals surface area (Å²) in [6.07, 6.45) is 0. The second-order valence-corrected chi connectivity index (χ2v) is 9.09. The Balaban J connectivity index is 2.05. The molecule has 4 rings (SSSR count). The molecule has 0 aliphatic rings. The molecule has 4 N–H and O–H groups in total. The van der Waals surface area contributed by atoms with Gasteiger partial charge in [0.25, 0.3) is 0 Å². The van der Waals surface area contributed by atoms with Gasteiger partial charge in [0.05, 0.1) is 25.4 Å². The highest BCUT2D eigenvalue weighted by molar-refractivity contribution is 6.18. The highest BCUT2D eigenvalue weighted by atomic mass is 35.5. The molecular formula is C28H29Cl2N5O3. The molecule has 0 atom stereocenters. The summed E-state index contributed by atoms with van der Waals surface area (Å²) in [6, 6.07) is 20.6. The number of carbonyl (C=O) groups excluding carboxylic acids is 1. The van der Waals surface area contributed by atoms with Gasteiger partial charge in [-0.1, -0.05) is 12.1 Å². The van der Waals surface area contributed by atoms with Gasteiger partial charge in [-0.3, -0.25) is 5.43 Å². The molecule has 38 heavy (non-hydrogen) atoms. The molecule has 0 fully saturated rings. The summed E-state index contributed by atoms with van der Waals surface area (Å²) >= 11 is 12.3. The van der Waals surface area contributed by atoms with Crippen molar-refractivity contribution in [1.82, 2.24) is 10.4 Å². The number of rotatable bonds is 10. The maximum absolute atomic E-state index is 12.0. The average molecular weight is 554 g/mol. The molecule has 2 amide bonds. The van der Waals surface area contributed by atoms with E-state index in [1.807, 2.05) is 66.7 Å². The minimum Gasteiger partial charge on any atom is -0.497 e. The summed E-state index contributed by atoms with van der Waals surface area (Å²) in [5.41, 5.74) is 7.68. The van der Waals surface area contributed by atoms with Crippen molar-refractivity contribution in [1.29, 1.82) is 0 Å². The van der Waals surface area contributed by atoms with Crippen LogP contribution in [0.4, 0.5) is 16.2 Å². The number of carbonyl (C=O) groups is 1. The van der Waals surface area contributed by atoms with E-state index >= 15 is 0 Å². The Morgan fingerprint density at radius 3 is 2.37 bits per heavy atom. The van der Waals surface area contributed by atoms with Crippen LogP contribution in [-0.2, 0) is 0 Å². The summed E-state index contributed by atoms with van der Waals surface area (Å²) in [5.74, 6) is 7.56. The minimum absolute atomic E-state index is 0.420. The number of urea groups is 1. The largest absolute Gasteiger partial charge is 0.497 e. The van der Waals surface area contributed by atoms with Gasteiger partial charge in [-0.15, -0.1) is 23.2 Å². The second-order valence-electron chi connectivity index (χ2n) is 8.33. The fourth-order valence-corrected chi connectivity index (χ4v) is 4.79. The van der Waals surface area contributed by atoms with Gasteiger partial charge in [0.15, 0.2) is 0 Å². The molecule has 0 radical (unpaired) electrons. The molecular weight excluding hydrogens is 525 g/mol. The number of anilines is 2. The maximum Gasteiger partial charge on any atom is 0.333 e. The summed E-state index contributed by atoms with van der Waals surface area (Å²) < 4.78 is 11.2. The molecule has 0 unspecified atom stereocenters. The van der Waals surface area contributed by atoms with E-state index < -0.39 is 6.03 Å². The Bertz CT molecular complexity index is 1430. The van der Waals surface area contributed by atoms with Crippen molar-refractivity contribution in [2.45, 2.75) is 0 Å². The van der Waals surface area contributed by atoms with E-state index in [2.05, 4.69) is 15.6 Å². The zero-order valence-electron chi connectivity index (χ0n) is 21.1. The number of fused-ring (bicyclic) bond motifs is 1. The molecule has 8 nitrogen and oxygen atoms in total. The molecule has 1 heterocycles. The first-order chi connectivity index (χ1) is 18.5. The van der Waals surface area contributed by atoms with Crippen molar-refractivity contribution in [2.24, 2.45) is 5.84 Å². The predicted molar refractivity (Wildman–Crippen MR) is 156 cm³/mol. The summed E-state index contributed by atoms with van der Waals surface area (Å²) in [7, 11) is 3.26. The molecule has 1 aromatic heterocycles. The van der Waals surface area contributed by atoms with Gasteiger partial charge in [-0.25, -0.2) is 15.6 Å². The average Bonchev–Trinajstić information content (AvgIpc) is 2.96. The molecule has 0 spiro atoms. The zero-order chi connectivity index (χ0) is 27.1. The third kappa shape index (κ3) is 5.88. The van der Waals surface area contributed by atoms with Crippen LogP contribution in [0.2, 0.25) is 0 Å². The number of nitrogens with one attached hydrogen (secondary N) is 2. The van der Waals surface area contributed by atoms with Crippen molar-refractivity contribution in [2.75, 3.05) is 49.3 Å². The van der Waals surface area contributed by atoms with Crippen LogP contribution >= 0.6 is 23.2 Å². The fraction of sp³-hybridized carbons (Fsp3) is 0.214. The van der Waals surface area contributed by atoms with E-state index in [9.17, 15) is 4.79 Å². The Morgan fingerprint density at radius 2 is 1.68 bits per heavy atom. The van der Waals surface area contributed by atoms with Gasteiger partial charge in [0, 0.05) is 52.7 Å². The standard InChI is InChI=1S/C28H29Cl2N5O3/c1-37-19-8-9-24-22(16-19)21(17-25(33-24)20-5-3-4-6-27(20)38-2)23-15-18(32-28(36)34-31)7-10-26(23)35(13-11-29)14-12-30/h3-10,15-17H,11-14,31H2,1-2H3,(H2,32,34,36). The van der Waals surface area contributed by atoms with E-state index in [-0.39, 0.29) is 0 Å². The smallest absolute Gasteiger partial charge is 0.333 e. The monoisotopic (exact) mass is 553 g/mol. The van der Waals surface area contributed by atoms with Crippen molar-refractivity contribution >= 4 is 51.5 Å². The highest BCUT2D eigenvalue weighted by Crippen LogP contribution is 2.41. The van der Waals surface area contributed by atoms with Crippen molar-refractivity contribution in [3.8, 4) is 33.9 Å². The second kappa shape index (κ2) is 12.7. The van der Waals surface area contributed by atoms with Crippen molar-refractivity contribution < 1.29 is 14.3 Å². The normalized spacial score (nSPS) is 10.8. The van der Waals surface area contributed by atoms with Gasteiger partial charge < -0.3 is 19.7 Å². The number of nitrogens with two attached hydrogens (primary N) is 1. The molecule has 198 valence electrons. The molecule has 0 saturated carbocycles. The number of hydrogen-bond donors (Lipinski definition) is 3. The highest BCUT2D eigenvalue weighted by Gasteiger charge is 2.19. The van der Waals surface area contributed by atoms with Crippen LogP contribution < -0.4 is 31.0 Å². The molecule has 0 saturated heterocycles. The molecule has 10 heteroatoms. The number of nitrogens with zero attached hydrogens (tertiary/aromatic N) is 2. The van der Waals surface area contributed by atoms with E-state index in [0.29, 0.717) is 42.0 Å². The van der Waals surface area contributed by atoms with E-state index in [1.165, 1.54) is 0 Å². The lowest BCUT2D eigenvalue weighted by Crippen LogP contribution is -2.34. The first kappa shape index (κ1) is 27.3. The topological polar surface area (TPSA) is 102 Å². The Morgan fingerprint density at radius 1 is 0.921 bits per heavy atom. The number of pyridine rings is 1. The van der Waals surface area contributed by atoms with Crippen LogP contribution in [0.15, 0.2) is 66.7 Å². The van der Waals surface area contributed by atoms with Gasteiger partial charge >= 0.3 is 6.03 Å². The zero-order valence-corrected chi connectivity index (χ0v) is 22.6. The van der Waals surface area contributed by atoms with Crippen molar-refractivity contribution in [3.05, 3.63) is 66.7 Å². The fourth-order valence-electron chi connectivity index (χ4n) is 4.38. The molecule has 3 aromatic carbocycles. The van der Waals surface area contributed by atoms with Gasteiger partial charge in [0.1, 0.15) is 11.5 Å². The number of amides is 2. The van der Waals surface area contributed by atoms with Crippen LogP contribution in [0.25, 0.3) is 33.3 Å². The number of alkyl halides is 2. The lowest BCUT2D eigenvalue weighted by atomic mass is 9.95. The van der Waals surface area contributed by atoms with Gasteiger partial charge in [-0.05, 0) is 60.2 Å². The Hall–Kier alpha value is -3.72. The number of hydrogen-bond acceptors (Lipinski definition) is 6. The lowest BCUT2D eigenvalue weighted by molar-refractivity contribution is 0.252. The number of benzene rings is 3. The van der Waals surface area contributed by atoms with Crippen LogP contribution in [0.1, 0.15) is 0 Å². The van der Waals surface area contributed by atoms with E-state index in [0.717, 1.165) is 39.0 Å². The van der Waals surface area contributed by atoms with Crippen LogP contribution in [-0.4, -0.2) is 50.1 Å². The van der Waals surface area contributed by atoms with Crippen LogP contribution in [0.3, 0.4) is 0 Å². The van der Waals surface area contributed by atoms with Gasteiger partial charge in [-0.2, -0.15) is 0 Å². The van der Waals surface area contributed by atoms with E-state index in [1.54, 1.807) is 14.2 Å². The van der Waals surface area contributed by atoms with Crippen molar-refractivity contribution in [3.63, 3.8) is 0 Å². The number of hydrazine groups is 1. The maximum atomic E-state index is 12.0. The number of halogens is 2. The van der Waals surface area contributed by atoms with Crippen LogP contribution in [0, 0.1) is 0 Å². The third-order valence-electron chi connectivity index (χ3n) is 6.12. The first-order valence-corrected chi connectivity index (χ1v) is 13.0. The predicted octanol–water partition coefficient (Wildman–Crippen LogP) is 5.87. The number of ether oxygens (including phenoxy) is 2.